The quantitative estimate of drug-likeness (QED) is 0.868. The number of nitrogens with zero attached hydrogens (tertiary/aromatic N) is 1. The van der Waals surface area contributed by atoms with Crippen molar-refractivity contribution in [1.82, 2.24) is 4.90 Å². The number of aliphatic carboxylic acids is 1. The molecule has 0 radical (unpaired) electrons. The Morgan fingerprint density at radius 2 is 1.82 bits per heavy atom. The number of amides is 2. The minimum absolute atomic E-state index is 0.149. The first-order chi connectivity index (χ1) is 10.6. The van der Waals surface area contributed by atoms with Crippen molar-refractivity contribution < 1.29 is 19.5 Å². The molecule has 3 rings (SSSR count). The molecule has 1 N–H and O–H groups in total. The minimum Gasteiger partial charge on any atom is -0.481 e. The lowest BCUT2D eigenvalue weighted by Crippen LogP contribution is -2.45. The molecular weight excluding hydrogens is 282 g/mol. The number of carboxylic acid groups (broad SMARTS) is 1. The second-order valence-corrected chi connectivity index (χ2v) is 6.20. The molecule has 1 aromatic rings. The summed E-state index contributed by atoms with van der Waals surface area (Å²) in [6, 6.07) is 7.23. The number of benzene rings is 1. The van der Waals surface area contributed by atoms with Gasteiger partial charge in [0.2, 0.25) is 5.91 Å². The SMILES string of the molecule is O=C(O)C1CCC(CN2C(=O)Cc3ccccc3C2=O)CC1. The van der Waals surface area contributed by atoms with Crippen LogP contribution in [0.1, 0.15) is 41.6 Å². The van der Waals surface area contributed by atoms with Crippen molar-refractivity contribution in [3.63, 3.8) is 0 Å². The molecule has 5 nitrogen and oxygen atoms in total. The summed E-state index contributed by atoms with van der Waals surface area (Å²) in [6.07, 6.45) is 3.05. The minimum atomic E-state index is -0.738. The van der Waals surface area contributed by atoms with Crippen molar-refractivity contribution in [3.05, 3.63) is 35.4 Å². The molecule has 0 aromatic heterocycles. The molecule has 0 bridgehead atoms. The smallest absolute Gasteiger partial charge is 0.306 e. The first kappa shape index (κ1) is 14.8. The van der Waals surface area contributed by atoms with Gasteiger partial charge in [-0.25, -0.2) is 0 Å². The molecule has 2 aliphatic rings. The molecular formula is C17H19NO4. The molecule has 1 saturated carbocycles. The molecule has 22 heavy (non-hydrogen) atoms. The third-order valence-corrected chi connectivity index (χ3v) is 4.77. The van der Waals surface area contributed by atoms with Gasteiger partial charge in [0.1, 0.15) is 0 Å². The molecule has 0 unspecified atom stereocenters. The Hall–Kier alpha value is -2.17. The van der Waals surface area contributed by atoms with Crippen LogP contribution in [0.3, 0.4) is 0 Å². The summed E-state index contributed by atoms with van der Waals surface area (Å²) in [5.41, 5.74) is 1.41. The van der Waals surface area contributed by atoms with Crippen molar-refractivity contribution >= 4 is 17.8 Å². The van der Waals surface area contributed by atoms with E-state index in [1.165, 1.54) is 4.90 Å². The number of carbonyl (C=O) groups excluding carboxylic acids is 2. The standard InChI is InChI=1S/C17H19NO4/c19-15-9-13-3-1-2-4-14(13)16(20)18(15)10-11-5-7-12(8-6-11)17(21)22/h1-4,11-12H,5-10H2,(H,21,22). The Morgan fingerprint density at radius 3 is 2.50 bits per heavy atom. The third kappa shape index (κ3) is 2.75. The van der Waals surface area contributed by atoms with Crippen LogP contribution in [0.2, 0.25) is 0 Å². The summed E-state index contributed by atoms with van der Waals surface area (Å²) in [6.45, 7) is 0.415. The van der Waals surface area contributed by atoms with E-state index in [2.05, 4.69) is 0 Å². The first-order valence-corrected chi connectivity index (χ1v) is 7.71. The van der Waals surface area contributed by atoms with Gasteiger partial charge in [0, 0.05) is 12.1 Å². The lowest BCUT2D eigenvalue weighted by molar-refractivity contribution is -0.143. The first-order valence-electron chi connectivity index (χ1n) is 7.71. The maximum Gasteiger partial charge on any atom is 0.306 e. The lowest BCUT2D eigenvalue weighted by Gasteiger charge is -2.33. The molecule has 116 valence electrons. The Kier molecular flexibility index (Phi) is 3.96. The summed E-state index contributed by atoms with van der Waals surface area (Å²) >= 11 is 0. The van der Waals surface area contributed by atoms with Gasteiger partial charge in [-0.2, -0.15) is 0 Å². The lowest BCUT2D eigenvalue weighted by atomic mass is 9.81. The molecule has 1 aliphatic carbocycles. The van der Waals surface area contributed by atoms with E-state index in [0.717, 1.165) is 18.4 Å². The second kappa shape index (κ2) is 5.91. The second-order valence-electron chi connectivity index (χ2n) is 6.20. The van der Waals surface area contributed by atoms with Crippen molar-refractivity contribution in [3.8, 4) is 0 Å². The van der Waals surface area contributed by atoms with Gasteiger partial charge in [-0.1, -0.05) is 18.2 Å². The van der Waals surface area contributed by atoms with E-state index in [4.69, 9.17) is 5.11 Å². The van der Waals surface area contributed by atoms with Crippen molar-refractivity contribution in [2.45, 2.75) is 32.1 Å². The van der Waals surface area contributed by atoms with Crippen LogP contribution in [0.25, 0.3) is 0 Å². The number of fused-ring (bicyclic) bond motifs is 1. The summed E-state index contributed by atoms with van der Waals surface area (Å²) in [5.74, 6) is -1.16. The highest BCUT2D eigenvalue weighted by Gasteiger charge is 2.34. The summed E-state index contributed by atoms with van der Waals surface area (Å²) in [4.78, 5) is 37.0. The van der Waals surface area contributed by atoms with Crippen LogP contribution in [0.15, 0.2) is 24.3 Å². The van der Waals surface area contributed by atoms with Crippen molar-refractivity contribution in [2.24, 2.45) is 11.8 Å². The van der Waals surface area contributed by atoms with E-state index in [0.29, 0.717) is 24.9 Å². The van der Waals surface area contributed by atoms with Crippen LogP contribution in [-0.2, 0) is 16.0 Å². The highest BCUT2D eigenvalue weighted by molar-refractivity contribution is 6.09. The molecule has 0 spiro atoms. The van der Waals surface area contributed by atoms with Crippen molar-refractivity contribution in [1.29, 1.82) is 0 Å². The van der Waals surface area contributed by atoms with Gasteiger partial charge < -0.3 is 5.11 Å². The number of carbonyl (C=O) groups is 3. The zero-order valence-corrected chi connectivity index (χ0v) is 12.3. The van der Waals surface area contributed by atoms with Crippen LogP contribution >= 0.6 is 0 Å². The van der Waals surface area contributed by atoms with Gasteiger partial charge in [-0.15, -0.1) is 0 Å². The van der Waals surface area contributed by atoms with Gasteiger partial charge in [0.15, 0.2) is 0 Å². The van der Waals surface area contributed by atoms with E-state index in [1.54, 1.807) is 6.07 Å². The van der Waals surface area contributed by atoms with E-state index < -0.39 is 5.97 Å². The van der Waals surface area contributed by atoms with Gasteiger partial charge in [-0.05, 0) is 43.2 Å². The van der Waals surface area contributed by atoms with Crippen LogP contribution in [0.5, 0.6) is 0 Å². The van der Waals surface area contributed by atoms with Crippen LogP contribution in [-0.4, -0.2) is 34.3 Å². The maximum atomic E-state index is 12.5. The monoisotopic (exact) mass is 301 g/mol. The third-order valence-electron chi connectivity index (χ3n) is 4.77. The van der Waals surface area contributed by atoms with E-state index >= 15 is 0 Å². The van der Waals surface area contributed by atoms with Gasteiger partial charge in [-0.3, -0.25) is 19.3 Å². The fraction of sp³-hybridized carbons (Fsp3) is 0.471. The summed E-state index contributed by atoms with van der Waals surface area (Å²) in [5, 5.41) is 9.02. The van der Waals surface area contributed by atoms with Gasteiger partial charge in [0.05, 0.1) is 12.3 Å². The predicted molar refractivity (Wildman–Crippen MR) is 79.3 cm³/mol. The van der Waals surface area contributed by atoms with E-state index in [9.17, 15) is 14.4 Å². The van der Waals surface area contributed by atoms with Crippen LogP contribution in [0.4, 0.5) is 0 Å². The maximum absolute atomic E-state index is 12.5. The zero-order chi connectivity index (χ0) is 15.7. The van der Waals surface area contributed by atoms with E-state index in [1.807, 2.05) is 18.2 Å². The van der Waals surface area contributed by atoms with Gasteiger partial charge in [0.25, 0.3) is 5.91 Å². The predicted octanol–water partition coefficient (Wildman–Crippen LogP) is 2.10. The molecule has 0 saturated heterocycles. The Morgan fingerprint density at radius 1 is 1.14 bits per heavy atom. The van der Waals surface area contributed by atoms with E-state index in [-0.39, 0.29) is 30.1 Å². The Balaban J connectivity index is 1.68. The molecule has 1 fully saturated rings. The average molecular weight is 301 g/mol. The Labute approximate surface area is 128 Å². The largest absolute Gasteiger partial charge is 0.481 e. The molecule has 2 amide bonds. The number of hydrogen-bond donors (Lipinski definition) is 1. The highest BCUT2D eigenvalue weighted by atomic mass is 16.4. The normalized spacial score (nSPS) is 25.0. The van der Waals surface area contributed by atoms with Crippen LogP contribution < -0.4 is 0 Å². The number of imide groups is 1. The Bertz CT molecular complexity index is 617. The zero-order valence-electron chi connectivity index (χ0n) is 12.3. The van der Waals surface area contributed by atoms with Crippen molar-refractivity contribution in [2.75, 3.05) is 6.54 Å². The summed E-state index contributed by atoms with van der Waals surface area (Å²) < 4.78 is 0. The number of hydrogen-bond acceptors (Lipinski definition) is 3. The molecule has 1 aromatic carbocycles. The molecule has 1 aliphatic heterocycles. The fourth-order valence-electron chi connectivity index (χ4n) is 3.44. The number of rotatable bonds is 3. The summed E-state index contributed by atoms with van der Waals surface area (Å²) in [7, 11) is 0. The topological polar surface area (TPSA) is 74.7 Å². The average Bonchev–Trinajstić information content (AvgIpc) is 2.52. The van der Waals surface area contributed by atoms with Gasteiger partial charge >= 0.3 is 5.97 Å². The molecule has 0 atom stereocenters. The molecule has 5 heteroatoms. The van der Waals surface area contributed by atoms with Crippen LogP contribution in [0, 0.1) is 11.8 Å². The number of carboxylic acids is 1. The fourth-order valence-corrected chi connectivity index (χ4v) is 3.44. The molecule has 1 heterocycles. The highest BCUT2D eigenvalue weighted by Crippen LogP contribution is 2.31.